The zero-order chi connectivity index (χ0) is 17.0. The van der Waals surface area contributed by atoms with E-state index in [2.05, 4.69) is 5.32 Å². The second-order valence-corrected chi connectivity index (χ2v) is 5.54. The summed E-state index contributed by atoms with van der Waals surface area (Å²) < 4.78 is 5.65. The predicted molar refractivity (Wildman–Crippen MR) is 89.9 cm³/mol. The number of primary amides is 1. The Bertz CT molecular complexity index is 729. The number of carbonyl (C=O) groups is 2. The highest BCUT2D eigenvalue weighted by Gasteiger charge is 2.16. The van der Waals surface area contributed by atoms with Crippen LogP contribution in [0.4, 0.5) is 5.69 Å². The summed E-state index contributed by atoms with van der Waals surface area (Å²) in [6.07, 6.45) is -0.689. The Balaban J connectivity index is 2.00. The fraction of sp³-hybridized carbons (Fsp3) is 0.176. The monoisotopic (exact) mass is 332 g/mol. The summed E-state index contributed by atoms with van der Waals surface area (Å²) in [6, 6.07) is 11.5. The number of hydrogen-bond acceptors (Lipinski definition) is 3. The van der Waals surface area contributed by atoms with E-state index in [-0.39, 0.29) is 5.91 Å². The molecule has 2 rings (SSSR count). The molecule has 0 aliphatic rings. The molecule has 0 fully saturated rings. The quantitative estimate of drug-likeness (QED) is 0.882. The molecule has 2 amide bonds. The van der Waals surface area contributed by atoms with Crippen LogP contribution in [0.25, 0.3) is 0 Å². The Morgan fingerprint density at radius 2 is 1.83 bits per heavy atom. The molecule has 2 aromatic rings. The van der Waals surface area contributed by atoms with E-state index < -0.39 is 12.0 Å². The SMILES string of the molecule is Cc1cc(Cl)ccc1O[C@H](C)C(=O)Nc1ccc(C(N)=O)cc1. The molecule has 0 radical (unpaired) electrons. The zero-order valence-corrected chi connectivity index (χ0v) is 13.6. The maximum atomic E-state index is 12.2. The van der Waals surface area contributed by atoms with Gasteiger partial charge in [0.05, 0.1) is 0 Å². The molecule has 3 N–H and O–H groups in total. The normalized spacial score (nSPS) is 11.6. The first-order valence-electron chi connectivity index (χ1n) is 7.00. The minimum Gasteiger partial charge on any atom is -0.481 e. The number of carbonyl (C=O) groups excluding carboxylic acids is 2. The number of aryl methyl sites for hydroxylation is 1. The standard InChI is InChI=1S/C17H17ClN2O3/c1-10-9-13(18)5-8-15(10)23-11(2)17(22)20-14-6-3-12(4-7-14)16(19)21/h3-9,11H,1-2H3,(H2,19,21)(H,20,22)/t11-/m1/s1. The van der Waals surface area contributed by atoms with Crippen LogP contribution in [-0.2, 0) is 4.79 Å². The lowest BCUT2D eigenvalue weighted by Crippen LogP contribution is -2.30. The Hall–Kier alpha value is -2.53. The van der Waals surface area contributed by atoms with Crippen molar-refractivity contribution in [3.05, 3.63) is 58.6 Å². The molecular formula is C17H17ClN2O3. The Morgan fingerprint density at radius 1 is 1.17 bits per heavy atom. The van der Waals surface area contributed by atoms with Gasteiger partial charge in [0.25, 0.3) is 5.91 Å². The minimum absolute atomic E-state index is 0.300. The third-order valence-corrected chi connectivity index (χ3v) is 3.48. The summed E-state index contributed by atoms with van der Waals surface area (Å²) in [5, 5.41) is 3.33. The van der Waals surface area contributed by atoms with Crippen molar-refractivity contribution in [2.75, 3.05) is 5.32 Å². The first-order valence-corrected chi connectivity index (χ1v) is 7.38. The average molecular weight is 333 g/mol. The lowest BCUT2D eigenvalue weighted by molar-refractivity contribution is -0.122. The number of ether oxygens (including phenoxy) is 1. The number of amides is 2. The van der Waals surface area contributed by atoms with Gasteiger partial charge in [-0.25, -0.2) is 0 Å². The fourth-order valence-electron chi connectivity index (χ4n) is 1.95. The lowest BCUT2D eigenvalue weighted by Gasteiger charge is -2.16. The van der Waals surface area contributed by atoms with E-state index in [0.29, 0.717) is 22.0 Å². The third kappa shape index (κ3) is 4.47. The summed E-state index contributed by atoms with van der Waals surface area (Å²) in [6.45, 7) is 3.51. The number of nitrogens with two attached hydrogens (primary N) is 1. The number of rotatable bonds is 5. The Kier molecular flexibility index (Phi) is 5.24. The van der Waals surface area contributed by atoms with E-state index >= 15 is 0 Å². The summed E-state index contributed by atoms with van der Waals surface area (Å²) in [7, 11) is 0. The molecule has 0 aliphatic heterocycles. The van der Waals surface area contributed by atoms with Gasteiger partial charge in [-0.15, -0.1) is 0 Å². The third-order valence-electron chi connectivity index (χ3n) is 3.25. The molecule has 0 saturated heterocycles. The minimum atomic E-state index is -0.689. The molecule has 6 heteroatoms. The topological polar surface area (TPSA) is 81.4 Å². The van der Waals surface area contributed by atoms with Gasteiger partial charge in [0.15, 0.2) is 6.10 Å². The van der Waals surface area contributed by atoms with E-state index in [1.807, 2.05) is 6.92 Å². The van der Waals surface area contributed by atoms with E-state index in [1.165, 1.54) is 0 Å². The molecule has 5 nitrogen and oxygen atoms in total. The molecule has 0 unspecified atom stereocenters. The van der Waals surface area contributed by atoms with E-state index in [4.69, 9.17) is 22.1 Å². The molecule has 120 valence electrons. The molecule has 2 aromatic carbocycles. The molecular weight excluding hydrogens is 316 g/mol. The van der Waals surface area contributed by atoms with E-state index in [1.54, 1.807) is 49.4 Å². The Labute approximate surface area is 139 Å². The maximum Gasteiger partial charge on any atom is 0.265 e. The van der Waals surface area contributed by atoms with Crippen molar-refractivity contribution in [1.29, 1.82) is 0 Å². The van der Waals surface area contributed by atoms with Gasteiger partial charge in [-0.05, 0) is 61.9 Å². The first kappa shape index (κ1) is 16.8. The van der Waals surface area contributed by atoms with Gasteiger partial charge < -0.3 is 15.8 Å². The highest BCUT2D eigenvalue weighted by atomic mass is 35.5. The number of benzene rings is 2. The smallest absolute Gasteiger partial charge is 0.265 e. The maximum absolute atomic E-state index is 12.2. The number of halogens is 1. The van der Waals surface area contributed by atoms with Crippen LogP contribution < -0.4 is 15.8 Å². The summed E-state index contributed by atoms with van der Waals surface area (Å²) in [4.78, 5) is 23.2. The fourth-order valence-corrected chi connectivity index (χ4v) is 2.18. The van der Waals surface area contributed by atoms with Gasteiger partial charge in [-0.1, -0.05) is 11.6 Å². The van der Waals surface area contributed by atoms with Crippen LogP contribution in [0.3, 0.4) is 0 Å². The highest BCUT2D eigenvalue weighted by Crippen LogP contribution is 2.23. The summed E-state index contributed by atoms with van der Waals surface area (Å²) in [5.74, 6) is -0.218. The van der Waals surface area contributed by atoms with Crippen LogP contribution in [0.5, 0.6) is 5.75 Å². The molecule has 1 atom stereocenters. The summed E-state index contributed by atoms with van der Waals surface area (Å²) in [5.41, 5.74) is 6.96. The Morgan fingerprint density at radius 3 is 2.39 bits per heavy atom. The molecule has 0 heterocycles. The van der Waals surface area contributed by atoms with Crippen molar-refractivity contribution in [3.63, 3.8) is 0 Å². The van der Waals surface area contributed by atoms with Crippen molar-refractivity contribution in [2.24, 2.45) is 5.73 Å². The number of nitrogens with one attached hydrogen (secondary N) is 1. The zero-order valence-electron chi connectivity index (χ0n) is 12.8. The molecule has 0 saturated carbocycles. The van der Waals surface area contributed by atoms with Gasteiger partial charge in [0.1, 0.15) is 5.75 Å². The molecule has 0 aliphatic carbocycles. The van der Waals surface area contributed by atoms with Crippen LogP contribution in [0.1, 0.15) is 22.8 Å². The van der Waals surface area contributed by atoms with Crippen LogP contribution >= 0.6 is 11.6 Å². The summed E-state index contributed by atoms with van der Waals surface area (Å²) >= 11 is 5.89. The van der Waals surface area contributed by atoms with Crippen molar-refractivity contribution in [2.45, 2.75) is 20.0 Å². The number of anilines is 1. The molecule has 0 bridgehead atoms. The van der Waals surface area contributed by atoms with Gasteiger partial charge in [0, 0.05) is 16.3 Å². The second-order valence-electron chi connectivity index (χ2n) is 5.10. The molecule has 0 spiro atoms. The van der Waals surface area contributed by atoms with Crippen molar-refractivity contribution < 1.29 is 14.3 Å². The molecule has 23 heavy (non-hydrogen) atoms. The van der Waals surface area contributed by atoms with Gasteiger partial charge >= 0.3 is 0 Å². The average Bonchev–Trinajstić information content (AvgIpc) is 2.50. The number of hydrogen-bond donors (Lipinski definition) is 2. The first-order chi connectivity index (χ1) is 10.9. The van der Waals surface area contributed by atoms with Crippen molar-refractivity contribution in [1.82, 2.24) is 0 Å². The predicted octanol–water partition coefficient (Wildman–Crippen LogP) is 3.15. The van der Waals surface area contributed by atoms with Gasteiger partial charge in [-0.2, -0.15) is 0 Å². The highest BCUT2D eigenvalue weighted by molar-refractivity contribution is 6.30. The molecule has 0 aromatic heterocycles. The second kappa shape index (κ2) is 7.15. The largest absolute Gasteiger partial charge is 0.481 e. The lowest BCUT2D eigenvalue weighted by atomic mass is 10.2. The van der Waals surface area contributed by atoms with Crippen molar-refractivity contribution in [3.8, 4) is 5.75 Å². The van der Waals surface area contributed by atoms with Crippen LogP contribution in [0, 0.1) is 6.92 Å². The van der Waals surface area contributed by atoms with E-state index in [9.17, 15) is 9.59 Å². The van der Waals surface area contributed by atoms with Crippen LogP contribution in [0.2, 0.25) is 5.02 Å². The van der Waals surface area contributed by atoms with Gasteiger partial charge in [-0.3, -0.25) is 9.59 Å². The van der Waals surface area contributed by atoms with Crippen LogP contribution in [-0.4, -0.2) is 17.9 Å². The van der Waals surface area contributed by atoms with E-state index in [0.717, 1.165) is 5.56 Å². The van der Waals surface area contributed by atoms with Crippen LogP contribution in [0.15, 0.2) is 42.5 Å². The van der Waals surface area contributed by atoms with Crippen molar-refractivity contribution >= 4 is 29.1 Å². The van der Waals surface area contributed by atoms with Gasteiger partial charge in [0.2, 0.25) is 5.91 Å².